The predicted octanol–water partition coefficient (Wildman–Crippen LogP) is -0.0890. The minimum atomic E-state index is -1.12. The fraction of sp³-hybridized carbons (Fsp3) is 0.769. The van der Waals surface area contributed by atoms with Crippen molar-refractivity contribution in [2.75, 3.05) is 19.6 Å². The number of carboxylic acids is 1. The summed E-state index contributed by atoms with van der Waals surface area (Å²) in [5.41, 5.74) is -0.0736. The van der Waals surface area contributed by atoms with Crippen molar-refractivity contribution < 1.29 is 19.5 Å². The summed E-state index contributed by atoms with van der Waals surface area (Å²) in [5, 5.41) is 12.3. The molecule has 110 valence electrons. The van der Waals surface area contributed by atoms with E-state index < -0.39 is 12.1 Å². The Bertz CT molecular complexity index is 465. The van der Waals surface area contributed by atoms with Crippen molar-refractivity contribution in [3.63, 3.8) is 0 Å². The highest BCUT2D eigenvalue weighted by Crippen LogP contribution is 2.26. The fourth-order valence-corrected chi connectivity index (χ4v) is 3.32. The molecule has 3 unspecified atom stereocenters. The molecule has 0 aromatic heterocycles. The van der Waals surface area contributed by atoms with Crippen molar-refractivity contribution in [3.05, 3.63) is 0 Å². The van der Waals surface area contributed by atoms with Crippen molar-refractivity contribution in [3.8, 4) is 0 Å². The van der Waals surface area contributed by atoms with E-state index in [9.17, 15) is 9.59 Å². The quantitative estimate of drug-likeness (QED) is 0.765. The molecule has 2 fully saturated rings. The molecule has 3 aliphatic heterocycles. The summed E-state index contributed by atoms with van der Waals surface area (Å²) in [4.78, 5) is 32.6. The minimum absolute atomic E-state index is 0.0613. The van der Waals surface area contributed by atoms with E-state index in [1.165, 1.54) is 6.42 Å². The first-order valence-electron chi connectivity index (χ1n) is 7.06. The first-order valence-corrected chi connectivity index (χ1v) is 7.06. The number of amides is 1. The van der Waals surface area contributed by atoms with Crippen LogP contribution in [0.4, 0.5) is 0 Å². The van der Waals surface area contributed by atoms with Gasteiger partial charge in [0.05, 0.1) is 0 Å². The maximum Gasteiger partial charge on any atom is 0.353 e. The SMILES string of the molecule is CC1CN2CCCC2CN1C(=O)C1CC(C(=O)O)=NO1. The lowest BCUT2D eigenvalue weighted by Gasteiger charge is -2.42. The van der Waals surface area contributed by atoms with Crippen LogP contribution in [0.2, 0.25) is 0 Å². The van der Waals surface area contributed by atoms with E-state index in [0.717, 1.165) is 19.5 Å². The third kappa shape index (κ3) is 2.26. The summed E-state index contributed by atoms with van der Waals surface area (Å²) in [6.07, 6.45) is 1.60. The van der Waals surface area contributed by atoms with E-state index in [0.29, 0.717) is 12.6 Å². The maximum atomic E-state index is 12.5. The summed E-state index contributed by atoms with van der Waals surface area (Å²) in [7, 11) is 0. The van der Waals surface area contributed by atoms with Gasteiger partial charge in [-0.05, 0) is 26.3 Å². The number of carbonyl (C=O) groups excluding carboxylic acids is 1. The highest BCUT2D eigenvalue weighted by Gasteiger charge is 2.41. The lowest BCUT2D eigenvalue weighted by Crippen LogP contribution is -2.58. The van der Waals surface area contributed by atoms with Crippen molar-refractivity contribution in [1.82, 2.24) is 9.80 Å². The number of carbonyl (C=O) groups is 2. The zero-order valence-corrected chi connectivity index (χ0v) is 11.5. The summed E-state index contributed by atoms with van der Waals surface area (Å²) < 4.78 is 0. The highest BCUT2D eigenvalue weighted by atomic mass is 16.6. The van der Waals surface area contributed by atoms with Crippen molar-refractivity contribution >= 4 is 17.6 Å². The first kappa shape index (κ1) is 13.4. The second-order valence-electron chi connectivity index (χ2n) is 5.77. The van der Waals surface area contributed by atoms with Gasteiger partial charge in [0.2, 0.25) is 6.10 Å². The van der Waals surface area contributed by atoms with Gasteiger partial charge in [0, 0.05) is 31.6 Å². The third-order valence-electron chi connectivity index (χ3n) is 4.41. The van der Waals surface area contributed by atoms with Gasteiger partial charge in [-0.2, -0.15) is 0 Å². The van der Waals surface area contributed by atoms with Gasteiger partial charge in [0.25, 0.3) is 5.91 Å². The number of carboxylic acid groups (broad SMARTS) is 1. The first-order chi connectivity index (χ1) is 9.56. The number of fused-ring (bicyclic) bond motifs is 1. The van der Waals surface area contributed by atoms with Crippen molar-refractivity contribution in [1.29, 1.82) is 0 Å². The number of nitrogens with zero attached hydrogens (tertiary/aromatic N) is 3. The number of piperazine rings is 1. The van der Waals surface area contributed by atoms with Gasteiger partial charge in [0.1, 0.15) is 0 Å². The molecule has 0 aliphatic carbocycles. The van der Waals surface area contributed by atoms with Crippen LogP contribution >= 0.6 is 0 Å². The molecule has 3 heterocycles. The normalized spacial score (nSPS) is 33.5. The van der Waals surface area contributed by atoms with Crippen LogP contribution in [0.5, 0.6) is 0 Å². The fourth-order valence-electron chi connectivity index (χ4n) is 3.32. The smallest absolute Gasteiger partial charge is 0.353 e. The van der Waals surface area contributed by atoms with Gasteiger partial charge >= 0.3 is 5.97 Å². The lowest BCUT2D eigenvalue weighted by molar-refractivity contribution is -0.147. The molecule has 0 spiro atoms. The van der Waals surface area contributed by atoms with E-state index in [1.54, 1.807) is 0 Å². The zero-order valence-electron chi connectivity index (χ0n) is 11.5. The van der Waals surface area contributed by atoms with Crippen LogP contribution < -0.4 is 0 Å². The lowest BCUT2D eigenvalue weighted by atomic mass is 10.1. The van der Waals surface area contributed by atoms with Gasteiger partial charge in [0.15, 0.2) is 5.71 Å². The molecule has 2 saturated heterocycles. The summed E-state index contributed by atoms with van der Waals surface area (Å²) in [5.74, 6) is -1.25. The standard InChI is InChI=1S/C13H19N3O4/c1-8-6-15-4-2-3-9(15)7-16(8)12(17)11-5-10(13(18)19)14-20-11/h8-9,11H,2-7H2,1H3,(H,18,19). The number of aliphatic carboxylic acids is 1. The molecule has 0 radical (unpaired) electrons. The van der Waals surface area contributed by atoms with Crippen LogP contribution in [0.15, 0.2) is 5.16 Å². The molecular formula is C13H19N3O4. The number of hydrogen-bond acceptors (Lipinski definition) is 5. The van der Waals surface area contributed by atoms with Crippen LogP contribution in [0.3, 0.4) is 0 Å². The van der Waals surface area contributed by atoms with Crippen LogP contribution in [-0.4, -0.2) is 70.3 Å². The third-order valence-corrected chi connectivity index (χ3v) is 4.41. The molecule has 20 heavy (non-hydrogen) atoms. The van der Waals surface area contributed by atoms with Gasteiger partial charge in [-0.25, -0.2) is 4.79 Å². The number of hydrogen-bond donors (Lipinski definition) is 1. The monoisotopic (exact) mass is 281 g/mol. The Balaban J connectivity index is 1.64. The van der Waals surface area contributed by atoms with Crippen LogP contribution in [0.1, 0.15) is 26.2 Å². The van der Waals surface area contributed by atoms with Crippen LogP contribution in [0.25, 0.3) is 0 Å². The highest BCUT2D eigenvalue weighted by molar-refractivity contribution is 6.36. The second-order valence-corrected chi connectivity index (χ2v) is 5.77. The van der Waals surface area contributed by atoms with Gasteiger partial charge < -0.3 is 14.8 Å². The largest absolute Gasteiger partial charge is 0.477 e. The van der Waals surface area contributed by atoms with Crippen LogP contribution in [0, 0.1) is 0 Å². The van der Waals surface area contributed by atoms with Crippen molar-refractivity contribution in [2.45, 2.75) is 44.4 Å². The molecule has 3 rings (SSSR count). The Hall–Kier alpha value is -1.63. The minimum Gasteiger partial charge on any atom is -0.477 e. The number of oxime groups is 1. The molecule has 1 amide bonds. The molecule has 3 aliphatic rings. The Morgan fingerprint density at radius 2 is 2.20 bits per heavy atom. The molecular weight excluding hydrogens is 262 g/mol. The maximum absolute atomic E-state index is 12.5. The average Bonchev–Trinajstić information content (AvgIpc) is 3.05. The van der Waals surface area contributed by atoms with Crippen LogP contribution in [-0.2, 0) is 14.4 Å². The molecule has 7 nitrogen and oxygen atoms in total. The van der Waals surface area contributed by atoms with Gasteiger partial charge in [-0.15, -0.1) is 0 Å². The van der Waals surface area contributed by atoms with E-state index in [1.807, 2.05) is 11.8 Å². The van der Waals surface area contributed by atoms with E-state index in [4.69, 9.17) is 9.94 Å². The molecule has 0 aromatic carbocycles. The molecule has 0 bridgehead atoms. The molecule has 1 N–H and O–H groups in total. The molecule has 0 saturated carbocycles. The molecule has 7 heteroatoms. The zero-order chi connectivity index (χ0) is 14.3. The topological polar surface area (TPSA) is 82.4 Å². The van der Waals surface area contributed by atoms with E-state index >= 15 is 0 Å². The Morgan fingerprint density at radius 1 is 1.40 bits per heavy atom. The van der Waals surface area contributed by atoms with E-state index in [2.05, 4.69) is 10.1 Å². The number of rotatable bonds is 2. The summed E-state index contributed by atoms with van der Waals surface area (Å²) in [6, 6.07) is 0.575. The second kappa shape index (κ2) is 5.05. The van der Waals surface area contributed by atoms with E-state index in [-0.39, 0.29) is 24.1 Å². The summed E-state index contributed by atoms with van der Waals surface area (Å²) >= 11 is 0. The molecule has 3 atom stereocenters. The summed E-state index contributed by atoms with van der Waals surface area (Å²) in [6.45, 7) is 4.74. The Labute approximate surface area is 117 Å². The Morgan fingerprint density at radius 3 is 2.90 bits per heavy atom. The molecule has 0 aromatic rings. The van der Waals surface area contributed by atoms with Gasteiger partial charge in [-0.1, -0.05) is 5.16 Å². The van der Waals surface area contributed by atoms with Gasteiger partial charge in [-0.3, -0.25) is 9.69 Å². The predicted molar refractivity (Wildman–Crippen MR) is 70.3 cm³/mol. The Kier molecular flexibility index (Phi) is 3.37. The van der Waals surface area contributed by atoms with Crippen molar-refractivity contribution in [2.24, 2.45) is 5.16 Å². The average molecular weight is 281 g/mol.